The fourth-order valence-electron chi connectivity index (χ4n) is 2.78. The maximum absolute atomic E-state index is 13.9. The van der Waals surface area contributed by atoms with Crippen LogP contribution in [-0.4, -0.2) is 41.6 Å². The summed E-state index contributed by atoms with van der Waals surface area (Å²) in [6.07, 6.45) is 1.37. The van der Waals surface area contributed by atoms with E-state index in [1.165, 1.54) is 43.5 Å². The first kappa shape index (κ1) is 21.1. The number of imide groups is 1. The summed E-state index contributed by atoms with van der Waals surface area (Å²) in [5, 5.41) is 11.2. The number of benzene rings is 2. The molecule has 0 saturated carbocycles. The minimum atomic E-state index is -1.19. The highest BCUT2D eigenvalue weighted by Gasteiger charge is 2.34. The third-order valence-corrected chi connectivity index (χ3v) is 4.43. The van der Waals surface area contributed by atoms with Crippen LogP contribution in [0.3, 0.4) is 0 Å². The molecule has 1 aliphatic heterocycles. The van der Waals surface area contributed by atoms with Crippen LogP contribution in [0.2, 0.25) is 5.02 Å². The largest absolute Gasteiger partial charge is 0.493 e. The Morgan fingerprint density at radius 3 is 2.70 bits per heavy atom. The van der Waals surface area contributed by atoms with Crippen molar-refractivity contribution < 1.29 is 33.4 Å². The fourth-order valence-corrected chi connectivity index (χ4v) is 3.05. The number of carbonyl (C=O) groups excluding carboxylic acids is 2. The summed E-state index contributed by atoms with van der Waals surface area (Å²) in [6, 6.07) is 8.05. The quantitative estimate of drug-likeness (QED) is 0.512. The SMILES string of the molecule is COc1cc(C=C2NC(=O)N(Cc3ccccc3F)C2=O)cc(Cl)c1OCC(=O)O. The van der Waals surface area contributed by atoms with Gasteiger partial charge in [-0.3, -0.25) is 9.69 Å². The molecular weight excluding hydrogens is 419 g/mol. The lowest BCUT2D eigenvalue weighted by Crippen LogP contribution is -2.30. The van der Waals surface area contributed by atoms with E-state index in [1.807, 2.05) is 0 Å². The van der Waals surface area contributed by atoms with E-state index >= 15 is 0 Å². The second-order valence-electron chi connectivity index (χ2n) is 6.19. The van der Waals surface area contributed by atoms with Crippen molar-refractivity contribution in [3.8, 4) is 11.5 Å². The number of halogens is 2. The van der Waals surface area contributed by atoms with Crippen molar-refractivity contribution in [2.75, 3.05) is 13.7 Å². The van der Waals surface area contributed by atoms with Crippen LogP contribution < -0.4 is 14.8 Å². The van der Waals surface area contributed by atoms with Gasteiger partial charge in [0.25, 0.3) is 5.91 Å². The van der Waals surface area contributed by atoms with Crippen LogP contribution in [0.15, 0.2) is 42.1 Å². The zero-order valence-electron chi connectivity index (χ0n) is 15.6. The van der Waals surface area contributed by atoms with Gasteiger partial charge in [0.15, 0.2) is 18.1 Å². The van der Waals surface area contributed by atoms with Crippen molar-refractivity contribution in [1.29, 1.82) is 0 Å². The number of carboxylic acids is 1. The van der Waals surface area contributed by atoms with Crippen molar-refractivity contribution in [2.45, 2.75) is 6.54 Å². The van der Waals surface area contributed by atoms with Gasteiger partial charge in [-0.25, -0.2) is 14.0 Å². The molecule has 3 rings (SSSR count). The first-order valence-corrected chi connectivity index (χ1v) is 8.98. The second-order valence-corrected chi connectivity index (χ2v) is 6.59. The maximum Gasteiger partial charge on any atom is 0.341 e. The number of carboxylic acid groups (broad SMARTS) is 1. The zero-order valence-corrected chi connectivity index (χ0v) is 16.4. The van der Waals surface area contributed by atoms with Crippen LogP contribution in [0.4, 0.5) is 9.18 Å². The number of nitrogens with zero attached hydrogens (tertiary/aromatic N) is 1. The van der Waals surface area contributed by atoms with E-state index in [4.69, 9.17) is 26.2 Å². The Morgan fingerprint density at radius 1 is 1.30 bits per heavy atom. The Hall–Kier alpha value is -3.59. The summed E-state index contributed by atoms with van der Waals surface area (Å²) in [5.41, 5.74) is 0.566. The van der Waals surface area contributed by atoms with Gasteiger partial charge in [-0.05, 0) is 29.8 Å². The first-order chi connectivity index (χ1) is 14.3. The molecular formula is C20H16ClFN2O6. The van der Waals surface area contributed by atoms with Gasteiger partial charge in [-0.1, -0.05) is 29.8 Å². The lowest BCUT2D eigenvalue weighted by atomic mass is 10.1. The molecule has 1 saturated heterocycles. The molecule has 1 fully saturated rings. The summed E-state index contributed by atoms with van der Waals surface area (Å²) in [4.78, 5) is 36.4. The molecule has 30 heavy (non-hydrogen) atoms. The van der Waals surface area contributed by atoms with Crippen LogP contribution in [0.25, 0.3) is 6.08 Å². The van der Waals surface area contributed by atoms with Gasteiger partial charge in [-0.2, -0.15) is 0 Å². The lowest BCUT2D eigenvalue weighted by molar-refractivity contribution is -0.139. The number of ether oxygens (including phenoxy) is 2. The third kappa shape index (κ3) is 4.52. The van der Waals surface area contributed by atoms with Gasteiger partial charge >= 0.3 is 12.0 Å². The third-order valence-electron chi connectivity index (χ3n) is 4.15. The molecule has 0 aromatic heterocycles. The number of urea groups is 1. The molecule has 10 heteroatoms. The van der Waals surface area contributed by atoms with Crippen LogP contribution in [0.1, 0.15) is 11.1 Å². The molecule has 1 heterocycles. The summed E-state index contributed by atoms with van der Waals surface area (Å²) in [7, 11) is 1.34. The van der Waals surface area contributed by atoms with E-state index in [0.717, 1.165) is 4.90 Å². The molecule has 1 aliphatic rings. The van der Waals surface area contributed by atoms with Gasteiger partial charge in [0.1, 0.15) is 11.5 Å². The summed E-state index contributed by atoms with van der Waals surface area (Å²) in [6.45, 7) is -0.837. The van der Waals surface area contributed by atoms with Gasteiger partial charge in [0, 0.05) is 5.56 Å². The second kappa shape index (κ2) is 8.83. The van der Waals surface area contributed by atoms with E-state index in [1.54, 1.807) is 6.07 Å². The van der Waals surface area contributed by atoms with E-state index < -0.39 is 30.3 Å². The van der Waals surface area contributed by atoms with Crippen LogP contribution >= 0.6 is 11.6 Å². The van der Waals surface area contributed by atoms with E-state index in [0.29, 0.717) is 5.56 Å². The van der Waals surface area contributed by atoms with Crippen molar-refractivity contribution in [2.24, 2.45) is 0 Å². The molecule has 0 aliphatic carbocycles. The molecule has 0 atom stereocenters. The van der Waals surface area contributed by atoms with E-state index in [9.17, 15) is 18.8 Å². The Labute approximate surface area is 175 Å². The Morgan fingerprint density at radius 2 is 2.03 bits per heavy atom. The lowest BCUT2D eigenvalue weighted by Gasteiger charge is -2.12. The molecule has 0 spiro atoms. The molecule has 2 N–H and O–H groups in total. The summed E-state index contributed by atoms with van der Waals surface area (Å²) >= 11 is 6.15. The smallest absolute Gasteiger partial charge is 0.341 e. The predicted molar refractivity (Wildman–Crippen MR) is 105 cm³/mol. The predicted octanol–water partition coefficient (Wildman–Crippen LogP) is 3.04. The molecule has 8 nitrogen and oxygen atoms in total. The van der Waals surface area contributed by atoms with E-state index in [2.05, 4.69) is 5.32 Å². The van der Waals surface area contributed by atoms with Gasteiger partial charge in [0.05, 0.1) is 18.7 Å². The Bertz CT molecular complexity index is 1060. The fraction of sp³-hybridized carbons (Fsp3) is 0.150. The molecule has 0 radical (unpaired) electrons. The monoisotopic (exact) mass is 434 g/mol. The van der Waals surface area contributed by atoms with Crippen LogP contribution in [0.5, 0.6) is 11.5 Å². The average Bonchev–Trinajstić information content (AvgIpc) is 2.95. The molecule has 0 bridgehead atoms. The highest BCUT2D eigenvalue weighted by atomic mass is 35.5. The van der Waals surface area contributed by atoms with Gasteiger partial charge < -0.3 is 19.9 Å². The minimum absolute atomic E-state index is 0.0336. The van der Waals surface area contributed by atoms with Crippen LogP contribution in [0, 0.1) is 5.82 Å². The highest BCUT2D eigenvalue weighted by Crippen LogP contribution is 2.37. The number of carbonyl (C=O) groups is 3. The van der Waals surface area contributed by atoms with Gasteiger partial charge in [-0.15, -0.1) is 0 Å². The minimum Gasteiger partial charge on any atom is -0.493 e. The topological polar surface area (TPSA) is 105 Å². The number of rotatable bonds is 7. The van der Waals surface area contributed by atoms with Crippen molar-refractivity contribution >= 4 is 35.6 Å². The summed E-state index contributed by atoms with van der Waals surface area (Å²) in [5.74, 6) is -2.16. The molecule has 2 aromatic carbocycles. The van der Waals surface area contributed by atoms with Crippen molar-refractivity contribution in [3.63, 3.8) is 0 Å². The molecule has 156 valence electrons. The summed E-state index contributed by atoms with van der Waals surface area (Å²) < 4.78 is 24.1. The van der Waals surface area contributed by atoms with Crippen molar-refractivity contribution in [3.05, 3.63) is 64.1 Å². The maximum atomic E-state index is 13.9. The number of hydrogen-bond acceptors (Lipinski definition) is 5. The average molecular weight is 435 g/mol. The Balaban J connectivity index is 1.85. The normalized spacial score (nSPS) is 14.8. The number of amides is 3. The van der Waals surface area contributed by atoms with Gasteiger partial charge in [0.2, 0.25) is 0 Å². The molecule has 2 aromatic rings. The van der Waals surface area contributed by atoms with Crippen molar-refractivity contribution in [1.82, 2.24) is 10.2 Å². The highest BCUT2D eigenvalue weighted by molar-refractivity contribution is 6.32. The number of nitrogens with one attached hydrogen (secondary N) is 1. The molecule has 0 unspecified atom stereocenters. The number of methoxy groups -OCH3 is 1. The first-order valence-electron chi connectivity index (χ1n) is 8.60. The standard InChI is InChI=1S/C20H16ClFN2O6/c1-29-16-8-11(6-13(21)18(16)30-10-17(25)26)7-15-19(27)24(20(28)23-15)9-12-4-2-3-5-14(12)22/h2-8H,9-10H2,1H3,(H,23,28)(H,25,26). The van der Waals surface area contributed by atoms with Crippen LogP contribution in [-0.2, 0) is 16.1 Å². The zero-order chi connectivity index (χ0) is 21.8. The Kier molecular flexibility index (Phi) is 6.22. The molecule has 3 amide bonds. The number of hydrogen-bond donors (Lipinski definition) is 2. The van der Waals surface area contributed by atoms with E-state index in [-0.39, 0.29) is 34.3 Å². The number of aliphatic carboxylic acids is 1.